The van der Waals surface area contributed by atoms with Crippen molar-refractivity contribution in [2.24, 2.45) is 0 Å². The lowest BCUT2D eigenvalue weighted by Gasteiger charge is -2.35. The number of benzene rings is 2. The van der Waals surface area contributed by atoms with E-state index in [-0.39, 0.29) is 18.7 Å². The van der Waals surface area contributed by atoms with Crippen LogP contribution in [0, 0.1) is 11.3 Å². The van der Waals surface area contributed by atoms with Crippen LogP contribution in [0.4, 0.5) is 0 Å². The molecule has 3 atom stereocenters. The summed E-state index contributed by atoms with van der Waals surface area (Å²) in [6.07, 6.45) is 1.66. The average molecular weight is 514 g/mol. The van der Waals surface area contributed by atoms with E-state index < -0.39 is 44.2 Å². The summed E-state index contributed by atoms with van der Waals surface area (Å²) in [5.74, 6) is -0.520. The van der Waals surface area contributed by atoms with E-state index >= 15 is 0 Å². The van der Waals surface area contributed by atoms with E-state index in [0.717, 1.165) is 18.4 Å². The summed E-state index contributed by atoms with van der Waals surface area (Å²) in [5.41, 5.74) is 0.157. The topological polar surface area (TPSA) is 110 Å². The highest BCUT2D eigenvalue weighted by Crippen LogP contribution is 2.53. The lowest BCUT2D eigenvalue weighted by molar-refractivity contribution is -0.131. The smallest absolute Gasteiger partial charge is 0.238 e. The summed E-state index contributed by atoms with van der Waals surface area (Å²) < 4.78 is 26.7. The van der Waals surface area contributed by atoms with Crippen molar-refractivity contribution in [2.75, 3.05) is 6.54 Å². The summed E-state index contributed by atoms with van der Waals surface area (Å²) in [4.78, 5) is 14.9. The summed E-state index contributed by atoms with van der Waals surface area (Å²) in [7, 11) is -3.59. The number of carbonyl (C=O) groups excluding carboxylic acids is 1. The van der Waals surface area contributed by atoms with Gasteiger partial charge >= 0.3 is 0 Å². The van der Waals surface area contributed by atoms with Crippen LogP contribution < -0.4 is 5.32 Å². The molecule has 0 radical (unpaired) electrons. The van der Waals surface area contributed by atoms with Crippen molar-refractivity contribution in [2.45, 2.75) is 66.3 Å². The number of aliphatic hydroxyl groups excluding tert-OH is 1. The molecule has 1 amide bonds. The van der Waals surface area contributed by atoms with E-state index in [9.17, 15) is 23.6 Å². The maximum atomic E-state index is 13.4. The molecule has 3 unspecified atom stereocenters. The highest BCUT2D eigenvalue weighted by atomic mass is 35.5. The third-order valence-electron chi connectivity index (χ3n) is 7.66. The van der Waals surface area contributed by atoms with Gasteiger partial charge in [-0.3, -0.25) is 9.69 Å². The number of hydrogen-bond donors (Lipinski definition) is 2. The van der Waals surface area contributed by atoms with Crippen LogP contribution in [0.2, 0.25) is 5.02 Å². The van der Waals surface area contributed by atoms with Crippen molar-refractivity contribution in [1.29, 1.82) is 5.26 Å². The fraction of sp³-hybridized carbons (Fsp3) is 0.462. The number of hydrogen-bond acceptors (Lipinski definition) is 6. The molecule has 7 nitrogen and oxygen atoms in total. The number of likely N-dealkylation sites (tertiary alicyclic amines) is 1. The average Bonchev–Trinajstić information content (AvgIpc) is 3.76. The van der Waals surface area contributed by atoms with E-state index in [1.807, 2.05) is 18.2 Å². The van der Waals surface area contributed by atoms with Crippen molar-refractivity contribution in [3.63, 3.8) is 0 Å². The van der Waals surface area contributed by atoms with Gasteiger partial charge in [0.2, 0.25) is 5.91 Å². The second kappa shape index (κ2) is 8.90. The number of aliphatic hydroxyl groups is 1. The Labute approximate surface area is 210 Å². The number of halogens is 1. The predicted molar refractivity (Wildman–Crippen MR) is 132 cm³/mol. The number of rotatable bonds is 8. The molecule has 2 aliphatic carbocycles. The molecule has 35 heavy (non-hydrogen) atoms. The van der Waals surface area contributed by atoms with Crippen LogP contribution in [-0.4, -0.2) is 53.9 Å². The number of nitrogens with one attached hydrogen (secondary N) is 1. The Hall–Kier alpha value is -2.44. The Balaban J connectivity index is 1.42. The fourth-order valence-corrected chi connectivity index (χ4v) is 7.07. The predicted octanol–water partition coefficient (Wildman–Crippen LogP) is 2.92. The molecule has 2 saturated carbocycles. The van der Waals surface area contributed by atoms with E-state index in [4.69, 9.17) is 11.6 Å². The number of nitrogens with zero attached hydrogens (tertiary/aromatic N) is 2. The Kier molecular flexibility index (Phi) is 6.17. The molecule has 2 N–H and O–H groups in total. The number of nitriles is 1. The summed E-state index contributed by atoms with van der Waals surface area (Å²) in [6, 6.07) is 17.6. The highest BCUT2D eigenvalue weighted by molar-refractivity contribution is 7.91. The number of amides is 1. The van der Waals surface area contributed by atoms with Crippen molar-refractivity contribution in [3.8, 4) is 6.07 Å². The standard InChI is InChI=1S/C26H28ClN3O4S/c27-20-8-6-19(7-9-20)26(12-13-26)24(32)30-15-21(35(33,34)16-18-4-2-1-3-5-18)14-22(30)23(31)29-25(17-28)10-11-25/h1-9,21-22,24,32H,10-16H2,(H,29,31). The maximum absolute atomic E-state index is 13.4. The van der Waals surface area contributed by atoms with Crippen LogP contribution in [0.1, 0.15) is 43.2 Å². The second-order valence-corrected chi connectivity index (χ2v) is 12.8. The molecule has 0 aromatic heterocycles. The Morgan fingerprint density at radius 3 is 2.37 bits per heavy atom. The number of carbonyl (C=O) groups is 1. The molecule has 5 rings (SSSR count). The third kappa shape index (κ3) is 4.70. The quantitative estimate of drug-likeness (QED) is 0.561. The van der Waals surface area contributed by atoms with Crippen LogP contribution in [-0.2, 0) is 25.8 Å². The second-order valence-electron chi connectivity index (χ2n) is 10.1. The van der Waals surface area contributed by atoms with Crippen LogP contribution in [0.3, 0.4) is 0 Å². The largest absolute Gasteiger partial charge is 0.377 e. The molecule has 1 saturated heterocycles. The van der Waals surface area contributed by atoms with Gasteiger partial charge in [0.05, 0.1) is 23.1 Å². The Bertz CT molecular complexity index is 1250. The van der Waals surface area contributed by atoms with Crippen molar-refractivity contribution >= 4 is 27.3 Å². The van der Waals surface area contributed by atoms with Crippen LogP contribution in [0.25, 0.3) is 0 Å². The van der Waals surface area contributed by atoms with Gasteiger partial charge in [-0.1, -0.05) is 54.1 Å². The lowest BCUT2D eigenvalue weighted by Crippen LogP contribution is -2.53. The van der Waals surface area contributed by atoms with Gasteiger partial charge < -0.3 is 10.4 Å². The zero-order chi connectivity index (χ0) is 24.8. The first-order valence-corrected chi connectivity index (χ1v) is 14.0. The molecule has 9 heteroatoms. The Morgan fingerprint density at radius 1 is 1.14 bits per heavy atom. The van der Waals surface area contributed by atoms with Gasteiger partial charge in [-0.05, 0) is 55.4 Å². The monoisotopic (exact) mass is 513 g/mol. The molecule has 0 bridgehead atoms. The van der Waals surface area contributed by atoms with Crippen molar-refractivity contribution in [1.82, 2.24) is 10.2 Å². The summed E-state index contributed by atoms with van der Waals surface area (Å²) in [5, 5.41) is 23.6. The molecule has 0 spiro atoms. The van der Waals surface area contributed by atoms with Gasteiger partial charge in [-0.2, -0.15) is 5.26 Å². The maximum Gasteiger partial charge on any atom is 0.238 e. The number of sulfone groups is 1. The van der Waals surface area contributed by atoms with Gasteiger partial charge in [0.25, 0.3) is 0 Å². The van der Waals surface area contributed by atoms with E-state index in [1.165, 1.54) is 0 Å². The molecule has 2 aromatic rings. The van der Waals surface area contributed by atoms with Crippen LogP contribution >= 0.6 is 11.6 Å². The van der Waals surface area contributed by atoms with Gasteiger partial charge in [0.1, 0.15) is 11.8 Å². The minimum atomic E-state index is -3.59. The molecule has 3 fully saturated rings. The van der Waals surface area contributed by atoms with Gasteiger partial charge in [-0.15, -0.1) is 0 Å². The SMILES string of the molecule is N#CC1(NC(=O)C2CC(S(=O)(=O)Cc3ccccc3)CN2C(O)C2(c3ccc(Cl)cc3)CC2)CC1. The fourth-order valence-electron chi connectivity index (χ4n) is 5.17. The lowest BCUT2D eigenvalue weighted by atomic mass is 9.93. The first-order valence-electron chi connectivity index (χ1n) is 11.9. The Morgan fingerprint density at radius 2 is 1.80 bits per heavy atom. The van der Waals surface area contributed by atoms with Gasteiger partial charge in [0, 0.05) is 17.0 Å². The minimum absolute atomic E-state index is 0.0588. The normalized spacial score (nSPS) is 25.4. The molecular formula is C26H28ClN3O4S. The van der Waals surface area contributed by atoms with E-state index in [0.29, 0.717) is 23.4 Å². The van der Waals surface area contributed by atoms with Gasteiger partial charge in [0.15, 0.2) is 9.84 Å². The van der Waals surface area contributed by atoms with E-state index in [1.54, 1.807) is 41.3 Å². The summed E-state index contributed by atoms with van der Waals surface area (Å²) in [6.45, 7) is 0.0588. The van der Waals surface area contributed by atoms with Gasteiger partial charge in [-0.25, -0.2) is 8.42 Å². The minimum Gasteiger partial charge on any atom is -0.377 e. The first kappa shape index (κ1) is 24.3. The molecule has 184 valence electrons. The third-order valence-corrected chi connectivity index (χ3v) is 10.0. The van der Waals surface area contributed by atoms with Crippen molar-refractivity contribution < 1.29 is 18.3 Å². The highest BCUT2D eigenvalue weighted by Gasteiger charge is 2.57. The first-order chi connectivity index (χ1) is 16.7. The zero-order valence-corrected chi connectivity index (χ0v) is 20.8. The van der Waals surface area contributed by atoms with Crippen molar-refractivity contribution in [3.05, 3.63) is 70.7 Å². The zero-order valence-electron chi connectivity index (χ0n) is 19.2. The molecule has 1 aliphatic heterocycles. The van der Waals surface area contributed by atoms with E-state index in [2.05, 4.69) is 11.4 Å². The van der Waals surface area contributed by atoms with Crippen LogP contribution in [0.15, 0.2) is 54.6 Å². The molecule has 2 aromatic carbocycles. The van der Waals surface area contributed by atoms with Crippen LogP contribution in [0.5, 0.6) is 0 Å². The summed E-state index contributed by atoms with van der Waals surface area (Å²) >= 11 is 6.05. The molecule has 1 heterocycles. The molecule has 3 aliphatic rings. The molecular weight excluding hydrogens is 486 g/mol.